The van der Waals surface area contributed by atoms with Crippen LogP contribution >= 0.6 is 0 Å². The third kappa shape index (κ3) is 4.23. The quantitative estimate of drug-likeness (QED) is 0.399. The average molecular weight is 410 g/mol. The third-order valence-electron chi connectivity index (χ3n) is 4.41. The summed E-state index contributed by atoms with van der Waals surface area (Å²) in [6.07, 6.45) is 1.48. The molecule has 3 aromatic rings. The van der Waals surface area contributed by atoms with Crippen LogP contribution in [-0.4, -0.2) is 6.86 Å². The first-order valence-corrected chi connectivity index (χ1v) is 8.81. The van der Waals surface area contributed by atoms with Gasteiger partial charge in [0.2, 0.25) is 6.86 Å². The number of ether oxygens (including phenoxy) is 1. The number of hydrogen-bond acceptors (Lipinski definition) is 1. The molecule has 7 heteroatoms. The first-order valence-electron chi connectivity index (χ1n) is 8.81. The number of hydrogen-bond donors (Lipinski definition) is 0. The molecule has 0 saturated carbocycles. The largest absolute Gasteiger partial charge is 0.457 e. The predicted molar refractivity (Wildman–Crippen MR) is 97.7 cm³/mol. The van der Waals surface area contributed by atoms with Crippen LogP contribution in [0.25, 0.3) is 22.3 Å². The van der Waals surface area contributed by atoms with E-state index in [1.54, 1.807) is 6.07 Å². The van der Waals surface area contributed by atoms with Crippen LogP contribution in [0, 0.1) is 29.1 Å². The van der Waals surface area contributed by atoms with Gasteiger partial charge in [0.25, 0.3) is 0 Å². The Labute approximate surface area is 163 Å². The molecular formula is C22H16F6O. The fourth-order valence-corrected chi connectivity index (χ4v) is 3.14. The number of aryl methyl sites for hydroxylation is 1. The van der Waals surface area contributed by atoms with Gasteiger partial charge in [-0.05, 0) is 53.4 Å². The molecule has 1 nitrogen and oxygen atoms in total. The second-order valence-electron chi connectivity index (χ2n) is 6.40. The van der Waals surface area contributed by atoms with Crippen molar-refractivity contribution in [2.45, 2.75) is 19.8 Å². The van der Waals surface area contributed by atoms with Gasteiger partial charge in [0, 0.05) is 5.56 Å². The van der Waals surface area contributed by atoms with Crippen LogP contribution in [0.4, 0.5) is 26.3 Å². The third-order valence-corrected chi connectivity index (χ3v) is 4.41. The fraction of sp³-hybridized carbons (Fsp3) is 0.182. The number of rotatable bonds is 6. The van der Waals surface area contributed by atoms with Crippen molar-refractivity contribution in [2.75, 3.05) is 6.86 Å². The van der Waals surface area contributed by atoms with Crippen molar-refractivity contribution in [1.29, 1.82) is 0 Å². The summed E-state index contributed by atoms with van der Waals surface area (Å²) in [6.45, 7) is 0.477. The van der Waals surface area contributed by atoms with E-state index >= 15 is 0 Å². The maximum atomic E-state index is 14.6. The van der Waals surface area contributed by atoms with Crippen LogP contribution < -0.4 is 4.74 Å². The van der Waals surface area contributed by atoms with Crippen LogP contribution in [0.2, 0.25) is 0 Å². The molecular weight excluding hydrogens is 394 g/mol. The molecule has 0 unspecified atom stereocenters. The lowest BCUT2D eigenvalue weighted by atomic mass is 9.97. The Morgan fingerprint density at radius 2 is 1.31 bits per heavy atom. The van der Waals surface area contributed by atoms with Crippen LogP contribution in [0.15, 0.2) is 42.5 Å². The maximum Gasteiger partial charge on any atom is 0.228 e. The lowest BCUT2D eigenvalue weighted by molar-refractivity contribution is 0.176. The van der Waals surface area contributed by atoms with E-state index in [1.165, 1.54) is 12.1 Å². The summed E-state index contributed by atoms with van der Waals surface area (Å²) >= 11 is 0. The van der Waals surface area contributed by atoms with E-state index < -0.39 is 52.8 Å². The van der Waals surface area contributed by atoms with Gasteiger partial charge in [-0.25, -0.2) is 26.3 Å². The van der Waals surface area contributed by atoms with Gasteiger partial charge in [0.05, 0.1) is 5.56 Å². The normalized spacial score (nSPS) is 11.0. The summed E-state index contributed by atoms with van der Waals surface area (Å²) < 4.78 is 87.9. The molecule has 0 saturated heterocycles. The van der Waals surface area contributed by atoms with Crippen LogP contribution in [-0.2, 0) is 6.42 Å². The van der Waals surface area contributed by atoms with Crippen LogP contribution in [0.3, 0.4) is 0 Å². The van der Waals surface area contributed by atoms with E-state index in [9.17, 15) is 26.3 Å². The molecule has 0 bridgehead atoms. The molecule has 0 aliphatic carbocycles. The summed E-state index contributed by atoms with van der Waals surface area (Å²) in [4.78, 5) is 0. The monoisotopic (exact) mass is 410 g/mol. The lowest BCUT2D eigenvalue weighted by Gasteiger charge is -2.12. The maximum absolute atomic E-state index is 14.6. The van der Waals surface area contributed by atoms with Crippen molar-refractivity contribution in [3.05, 3.63) is 77.1 Å². The summed E-state index contributed by atoms with van der Waals surface area (Å²) in [7, 11) is 0. The van der Waals surface area contributed by atoms with E-state index in [0.717, 1.165) is 24.1 Å². The molecule has 152 valence electrons. The Balaban J connectivity index is 2.05. The molecule has 0 heterocycles. The zero-order chi connectivity index (χ0) is 21.1. The zero-order valence-electron chi connectivity index (χ0n) is 15.3. The minimum Gasteiger partial charge on any atom is -0.457 e. The highest BCUT2D eigenvalue weighted by atomic mass is 19.2. The first kappa shape index (κ1) is 20.8. The average Bonchev–Trinajstić information content (AvgIpc) is 2.64. The highest BCUT2D eigenvalue weighted by Crippen LogP contribution is 2.35. The topological polar surface area (TPSA) is 9.23 Å². The van der Waals surface area contributed by atoms with E-state index in [0.29, 0.717) is 18.6 Å². The molecule has 0 fully saturated rings. The molecule has 29 heavy (non-hydrogen) atoms. The van der Waals surface area contributed by atoms with E-state index in [-0.39, 0.29) is 11.1 Å². The molecule has 0 aromatic heterocycles. The second-order valence-corrected chi connectivity index (χ2v) is 6.40. The molecule has 0 radical (unpaired) electrons. The SMILES string of the molecule is CCCc1ccc(-c2cc(F)c(-c3cc(F)c(OCF)c(F)c3)c(F)c2)c(F)c1. The summed E-state index contributed by atoms with van der Waals surface area (Å²) in [5, 5.41) is 0. The molecule has 0 spiro atoms. The second kappa shape index (κ2) is 8.59. The molecule has 3 rings (SSSR count). The van der Waals surface area contributed by atoms with Gasteiger partial charge in [0.15, 0.2) is 17.4 Å². The molecule has 0 aliphatic heterocycles. The van der Waals surface area contributed by atoms with Gasteiger partial charge in [-0.3, -0.25) is 0 Å². The Morgan fingerprint density at radius 3 is 1.83 bits per heavy atom. The van der Waals surface area contributed by atoms with Gasteiger partial charge >= 0.3 is 0 Å². The first-order chi connectivity index (χ1) is 13.8. The molecule has 0 N–H and O–H groups in total. The zero-order valence-corrected chi connectivity index (χ0v) is 15.3. The Morgan fingerprint density at radius 1 is 0.724 bits per heavy atom. The van der Waals surface area contributed by atoms with E-state index in [4.69, 9.17) is 0 Å². The molecule has 0 amide bonds. The highest BCUT2D eigenvalue weighted by molar-refractivity contribution is 5.72. The summed E-state index contributed by atoms with van der Waals surface area (Å²) in [5.74, 6) is -6.49. The van der Waals surface area contributed by atoms with E-state index in [2.05, 4.69) is 4.74 Å². The van der Waals surface area contributed by atoms with Gasteiger partial charge in [-0.1, -0.05) is 25.5 Å². The van der Waals surface area contributed by atoms with Gasteiger partial charge in [-0.2, -0.15) is 0 Å². The Bertz CT molecular complexity index is 1000. The number of alkyl halides is 1. The fourth-order valence-electron chi connectivity index (χ4n) is 3.14. The Kier molecular flexibility index (Phi) is 6.15. The minimum atomic E-state index is -1.47. The number of halogens is 6. The van der Waals surface area contributed by atoms with E-state index in [1.807, 2.05) is 6.92 Å². The van der Waals surface area contributed by atoms with Crippen molar-refractivity contribution >= 4 is 0 Å². The predicted octanol–water partition coefficient (Wildman–Crippen LogP) is 6.97. The Hall–Kier alpha value is -2.96. The molecule has 0 atom stereocenters. The smallest absolute Gasteiger partial charge is 0.228 e. The van der Waals surface area contributed by atoms with Crippen LogP contribution in [0.1, 0.15) is 18.9 Å². The minimum absolute atomic E-state index is 0.00161. The van der Waals surface area contributed by atoms with Crippen molar-refractivity contribution in [1.82, 2.24) is 0 Å². The summed E-state index contributed by atoms with van der Waals surface area (Å²) in [5.41, 5.74) is -0.429. The summed E-state index contributed by atoms with van der Waals surface area (Å²) in [6, 6.07) is 7.44. The van der Waals surface area contributed by atoms with Gasteiger partial charge < -0.3 is 4.74 Å². The van der Waals surface area contributed by atoms with Crippen molar-refractivity contribution in [3.8, 4) is 28.0 Å². The van der Waals surface area contributed by atoms with Gasteiger partial charge in [-0.15, -0.1) is 0 Å². The van der Waals surface area contributed by atoms with Crippen molar-refractivity contribution in [2.24, 2.45) is 0 Å². The standard InChI is InChI=1S/C22H16F6O/c1-2-3-12-4-5-15(16(24)6-12)13-7-17(25)21(18(26)8-13)14-9-19(27)22(29-11-23)20(28)10-14/h4-10H,2-3,11H2,1H3. The lowest BCUT2D eigenvalue weighted by Crippen LogP contribution is -2.00. The molecule has 3 aromatic carbocycles. The van der Waals surface area contributed by atoms with Crippen LogP contribution in [0.5, 0.6) is 5.75 Å². The van der Waals surface area contributed by atoms with Gasteiger partial charge in [0.1, 0.15) is 17.5 Å². The highest BCUT2D eigenvalue weighted by Gasteiger charge is 2.20. The van der Waals surface area contributed by atoms with Crippen molar-refractivity contribution in [3.63, 3.8) is 0 Å². The number of benzene rings is 3. The van der Waals surface area contributed by atoms with Crippen molar-refractivity contribution < 1.29 is 31.1 Å². The molecule has 0 aliphatic rings.